The van der Waals surface area contributed by atoms with Gasteiger partial charge in [-0.2, -0.15) is 0 Å². The smallest absolute Gasteiger partial charge is 0.426 e. The SMILES string of the molecule is C[C@@H](O)c1ccccc1.C[C@@H](OC(=O)Oc1ccc([N+](=O)[O-])cc1)c1ccccc1. The van der Waals surface area contributed by atoms with E-state index in [1.54, 1.807) is 13.8 Å². The van der Waals surface area contributed by atoms with Gasteiger partial charge in [0.15, 0.2) is 0 Å². The maximum atomic E-state index is 11.6. The van der Waals surface area contributed by atoms with Crippen molar-refractivity contribution in [3.63, 3.8) is 0 Å². The molecule has 2 atom stereocenters. The summed E-state index contributed by atoms with van der Waals surface area (Å²) in [5.74, 6) is 0.186. The molecule has 30 heavy (non-hydrogen) atoms. The maximum Gasteiger partial charge on any atom is 0.514 e. The molecule has 0 saturated heterocycles. The van der Waals surface area contributed by atoms with Crippen LogP contribution in [0.15, 0.2) is 84.9 Å². The Morgan fingerprint density at radius 3 is 1.80 bits per heavy atom. The Hall–Kier alpha value is -3.71. The number of ether oxygens (including phenoxy) is 2. The van der Waals surface area contributed by atoms with Crippen LogP contribution in [0.5, 0.6) is 5.75 Å². The van der Waals surface area contributed by atoms with Crippen LogP contribution in [0.3, 0.4) is 0 Å². The summed E-state index contributed by atoms with van der Waals surface area (Å²) in [6, 6.07) is 24.0. The minimum absolute atomic E-state index is 0.0756. The van der Waals surface area contributed by atoms with Crippen molar-refractivity contribution in [3.05, 3.63) is 106 Å². The Balaban J connectivity index is 0.000000297. The lowest BCUT2D eigenvalue weighted by molar-refractivity contribution is -0.384. The lowest BCUT2D eigenvalue weighted by atomic mass is 10.1. The van der Waals surface area contributed by atoms with E-state index >= 15 is 0 Å². The second-order valence-electron chi connectivity index (χ2n) is 6.36. The van der Waals surface area contributed by atoms with Crippen LogP contribution < -0.4 is 4.74 Å². The Kier molecular flexibility index (Phi) is 8.53. The molecule has 0 amide bonds. The number of non-ortho nitro benzene ring substituents is 1. The van der Waals surface area contributed by atoms with Crippen LogP contribution in [0.4, 0.5) is 10.5 Å². The van der Waals surface area contributed by atoms with Gasteiger partial charge in [0.05, 0.1) is 11.0 Å². The first-order valence-corrected chi connectivity index (χ1v) is 9.27. The highest BCUT2D eigenvalue weighted by atomic mass is 16.7. The molecule has 0 aliphatic heterocycles. The van der Waals surface area contributed by atoms with Crippen LogP contribution in [-0.4, -0.2) is 16.2 Å². The molecule has 0 aromatic heterocycles. The van der Waals surface area contributed by atoms with Gasteiger partial charge in [-0.3, -0.25) is 10.1 Å². The van der Waals surface area contributed by atoms with Crippen molar-refractivity contribution < 1.29 is 24.3 Å². The molecule has 0 aliphatic carbocycles. The van der Waals surface area contributed by atoms with E-state index in [-0.39, 0.29) is 17.5 Å². The van der Waals surface area contributed by atoms with Crippen LogP contribution in [0.2, 0.25) is 0 Å². The van der Waals surface area contributed by atoms with E-state index in [4.69, 9.17) is 14.6 Å². The third-order valence-corrected chi connectivity index (χ3v) is 4.07. The van der Waals surface area contributed by atoms with Crippen molar-refractivity contribution in [1.82, 2.24) is 0 Å². The minimum Gasteiger partial charge on any atom is -0.426 e. The standard InChI is InChI=1S/C15H13NO5.C8H10O/c1-11(12-5-3-2-4-6-12)20-15(17)21-14-9-7-13(8-10-14)16(18)19;1-7(9)8-5-3-2-4-6-8/h2-11H,1H3;2-7,9H,1H3/t11-;7-/m11/s1. The number of carbonyl (C=O) groups is 1. The zero-order chi connectivity index (χ0) is 21.9. The molecule has 0 spiro atoms. The van der Waals surface area contributed by atoms with Gasteiger partial charge < -0.3 is 14.6 Å². The number of rotatable bonds is 5. The van der Waals surface area contributed by atoms with Gasteiger partial charge in [-0.1, -0.05) is 60.7 Å². The fourth-order valence-corrected chi connectivity index (χ4v) is 2.42. The predicted molar refractivity (Wildman–Crippen MR) is 112 cm³/mol. The van der Waals surface area contributed by atoms with E-state index in [0.717, 1.165) is 11.1 Å². The Labute approximate surface area is 174 Å². The Morgan fingerprint density at radius 1 is 0.867 bits per heavy atom. The molecule has 7 nitrogen and oxygen atoms in total. The first-order valence-electron chi connectivity index (χ1n) is 9.27. The first kappa shape index (κ1) is 22.6. The highest BCUT2D eigenvalue weighted by Gasteiger charge is 2.14. The molecule has 1 N–H and O–H groups in total. The number of carbonyl (C=O) groups excluding carboxylic acids is 1. The third-order valence-electron chi connectivity index (χ3n) is 4.07. The van der Waals surface area contributed by atoms with Crippen LogP contribution in [-0.2, 0) is 4.74 Å². The number of aliphatic hydroxyl groups excluding tert-OH is 1. The average molecular weight is 409 g/mol. The largest absolute Gasteiger partial charge is 0.514 e. The summed E-state index contributed by atoms with van der Waals surface area (Å²) in [4.78, 5) is 21.6. The fourth-order valence-electron chi connectivity index (χ4n) is 2.42. The van der Waals surface area contributed by atoms with E-state index in [1.165, 1.54) is 24.3 Å². The summed E-state index contributed by atoms with van der Waals surface area (Å²) in [5.41, 5.74) is 1.74. The monoisotopic (exact) mass is 409 g/mol. The summed E-state index contributed by atoms with van der Waals surface area (Å²) in [5, 5.41) is 19.5. The Bertz CT molecular complexity index is 927. The molecule has 0 saturated carbocycles. The molecule has 7 heteroatoms. The second kappa shape index (κ2) is 11.3. The number of nitro benzene ring substituents is 1. The number of nitro groups is 1. The van der Waals surface area contributed by atoms with E-state index in [9.17, 15) is 14.9 Å². The molecular weight excluding hydrogens is 386 g/mol. The minimum atomic E-state index is -0.861. The van der Waals surface area contributed by atoms with Gasteiger partial charge in [0.1, 0.15) is 11.9 Å². The average Bonchev–Trinajstić information content (AvgIpc) is 2.75. The van der Waals surface area contributed by atoms with Crippen LogP contribution in [0.1, 0.15) is 37.2 Å². The lowest BCUT2D eigenvalue weighted by Gasteiger charge is -2.13. The number of hydrogen-bond acceptors (Lipinski definition) is 6. The molecular formula is C23H23NO6. The highest BCUT2D eigenvalue weighted by Crippen LogP contribution is 2.20. The molecule has 156 valence electrons. The van der Waals surface area contributed by atoms with Gasteiger partial charge in [-0.05, 0) is 37.1 Å². The topological polar surface area (TPSA) is 98.9 Å². The lowest BCUT2D eigenvalue weighted by Crippen LogP contribution is -2.13. The predicted octanol–water partition coefficient (Wildman–Crippen LogP) is 5.61. The van der Waals surface area contributed by atoms with Crippen LogP contribution >= 0.6 is 0 Å². The normalized spacial score (nSPS) is 12.0. The van der Waals surface area contributed by atoms with Crippen LogP contribution in [0, 0.1) is 10.1 Å². The third kappa shape index (κ3) is 7.37. The van der Waals surface area contributed by atoms with Gasteiger partial charge in [0.25, 0.3) is 5.69 Å². The van der Waals surface area contributed by atoms with Crippen molar-refractivity contribution in [3.8, 4) is 5.75 Å². The molecule has 0 heterocycles. The van der Waals surface area contributed by atoms with Crippen molar-refractivity contribution in [2.75, 3.05) is 0 Å². The summed E-state index contributed by atoms with van der Waals surface area (Å²) >= 11 is 0. The summed E-state index contributed by atoms with van der Waals surface area (Å²) < 4.78 is 10.1. The summed E-state index contributed by atoms with van der Waals surface area (Å²) in [6.45, 7) is 3.49. The molecule has 3 aromatic rings. The fraction of sp³-hybridized carbons (Fsp3) is 0.174. The zero-order valence-electron chi connectivity index (χ0n) is 16.7. The van der Waals surface area contributed by atoms with Crippen molar-refractivity contribution in [1.29, 1.82) is 0 Å². The van der Waals surface area contributed by atoms with Gasteiger partial charge in [-0.15, -0.1) is 0 Å². The quantitative estimate of drug-likeness (QED) is 0.254. The summed E-state index contributed by atoms with van der Waals surface area (Å²) in [7, 11) is 0. The molecule has 0 unspecified atom stereocenters. The van der Waals surface area contributed by atoms with Crippen molar-refractivity contribution >= 4 is 11.8 Å². The second-order valence-corrected chi connectivity index (χ2v) is 6.36. The van der Waals surface area contributed by atoms with Gasteiger partial charge in [0, 0.05) is 12.1 Å². The van der Waals surface area contributed by atoms with Gasteiger partial charge >= 0.3 is 6.16 Å². The van der Waals surface area contributed by atoms with Crippen LogP contribution in [0.25, 0.3) is 0 Å². The first-order chi connectivity index (χ1) is 14.4. The van der Waals surface area contributed by atoms with Crippen molar-refractivity contribution in [2.45, 2.75) is 26.1 Å². The number of nitrogens with zero attached hydrogens (tertiary/aromatic N) is 1. The summed E-state index contributed by atoms with van der Waals surface area (Å²) in [6.07, 6.45) is -1.65. The van der Waals surface area contributed by atoms with E-state index in [0.29, 0.717) is 0 Å². The molecule has 0 fully saturated rings. The highest BCUT2D eigenvalue weighted by molar-refractivity contribution is 5.64. The Morgan fingerprint density at radius 2 is 1.37 bits per heavy atom. The molecule has 0 aliphatic rings. The van der Waals surface area contributed by atoms with E-state index in [2.05, 4.69) is 0 Å². The molecule has 3 aromatic carbocycles. The van der Waals surface area contributed by atoms with E-state index in [1.807, 2.05) is 60.7 Å². The molecule has 0 bridgehead atoms. The zero-order valence-corrected chi connectivity index (χ0v) is 16.7. The number of aliphatic hydroxyl groups is 1. The maximum absolute atomic E-state index is 11.6. The van der Waals surface area contributed by atoms with E-state index < -0.39 is 17.2 Å². The molecule has 3 rings (SSSR count). The molecule has 0 radical (unpaired) electrons. The van der Waals surface area contributed by atoms with Crippen molar-refractivity contribution in [2.24, 2.45) is 0 Å². The number of benzene rings is 3. The van der Waals surface area contributed by atoms with Gasteiger partial charge in [-0.25, -0.2) is 4.79 Å². The number of hydrogen-bond donors (Lipinski definition) is 1. The van der Waals surface area contributed by atoms with Gasteiger partial charge in [0.2, 0.25) is 0 Å².